The molecule has 2 saturated carbocycles. The third kappa shape index (κ3) is 3.28. The maximum Gasteiger partial charge on any atom is 0.321 e. The van der Waals surface area contributed by atoms with Crippen LogP contribution in [0, 0.1) is 0 Å². The predicted octanol–water partition coefficient (Wildman–Crippen LogP) is 3.00. The molecule has 0 spiro atoms. The van der Waals surface area contributed by atoms with Crippen molar-refractivity contribution in [2.45, 2.75) is 56.4 Å². The normalized spacial score (nSPS) is 23.9. The van der Waals surface area contributed by atoms with Gasteiger partial charge in [0.1, 0.15) is 5.01 Å². The maximum absolute atomic E-state index is 12.1. The standard InChI is InChI=1S/C16H22N6OS/c1-22-9-17-8-13(22)11-7-12(11)18-15(23)19-16-21-20-14(24-16)10-5-3-2-4-6-10/h8-12H,2-7H2,1H3,(H2,18,19,21,23)/t11-,12-/m1/s1. The van der Waals surface area contributed by atoms with Gasteiger partial charge in [-0.1, -0.05) is 30.6 Å². The Kier molecular flexibility index (Phi) is 4.22. The maximum atomic E-state index is 12.1. The highest BCUT2D eigenvalue weighted by Gasteiger charge is 2.41. The number of anilines is 1. The van der Waals surface area contributed by atoms with E-state index in [1.165, 1.54) is 43.4 Å². The van der Waals surface area contributed by atoms with Crippen molar-refractivity contribution in [2.24, 2.45) is 7.05 Å². The Hall–Kier alpha value is -1.96. The van der Waals surface area contributed by atoms with E-state index in [0.717, 1.165) is 17.1 Å². The van der Waals surface area contributed by atoms with Crippen molar-refractivity contribution in [1.29, 1.82) is 0 Å². The van der Waals surface area contributed by atoms with Gasteiger partial charge in [-0.15, -0.1) is 10.2 Å². The SMILES string of the molecule is Cn1cncc1[C@@H]1C[C@H]1NC(=O)Nc1nnc(C2CCCCC2)s1. The summed E-state index contributed by atoms with van der Waals surface area (Å²) in [6, 6.07) is -0.0258. The van der Waals surface area contributed by atoms with Gasteiger partial charge in [0.05, 0.1) is 6.33 Å². The number of aryl methyl sites for hydroxylation is 1. The van der Waals surface area contributed by atoms with Crippen LogP contribution in [0.2, 0.25) is 0 Å². The summed E-state index contributed by atoms with van der Waals surface area (Å²) in [5, 5.41) is 15.9. The lowest BCUT2D eigenvalue weighted by Gasteiger charge is -2.18. The van der Waals surface area contributed by atoms with Gasteiger partial charge in [-0.2, -0.15) is 0 Å². The lowest BCUT2D eigenvalue weighted by Crippen LogP contribution is -2.31. The second-order valence-corrected chi connectivity index (χ2v) is 7.77. The first-order valence-corrected chi connectivity index (χ1v) is 9.39. The summed E-state index contributed by atoms with van der Waals surface area (Å²) in [6.07, 6.45) is 10.8. The van der Waals surface area contributed by atoms with Crippen molar-refractivity contribution in [1.82, 2.24) is 25.1 Å². The molecule has 2 atom stereocenters. The second-order valence-electron chi connectivity index (χ2n) is 6.76. The number of hydrogen-bond acceptors (Lipinski definition) is 5. The van der Waals surface area contributed by atoms with Crippen LogP contribution in [0.15, 0.2) is 12.5 Å². The molecule has 2 fully saturated rings. The van der Waals surface area contributed by atoms with Crippen molar-refractivity contribution < 1.29 is 4.79 Å². The summed E-state index contributed by atoms with van der Waals surface area (Å²) in [5.74, 6) is 0.878. The third-order valence-corrected chi connectivity index (χ3v) is 5.96. The number of amides is 2. The molecule has 0 saturated heterocycles. The molecule has 0 aromatic carbocycles. The van der Waals surface area contributed by atoms with Crippen LogP contribution in [0.5, 0.6) is 0 Å². The minimum atomic E-state index is -0.198. The minimum absolute atomic E-state index is 0.172. The van der Waals surface area contributed by atoms with Crippen molar-refractivity contribution in [3.63, 3.8) is 0 Å². The Morgan fingerprint density at radius 2 is 2.12 bits per heavy atom. The average Bonchev–Trinajstić information content (AvgIpc) is 2.96. The fraction of sp³-hybridized carbons (Fsp3) is 0.625. The quantitative estimate of drug-likeness (QED) is 0.891. The molecule has 8 heteroatoms. The Morgan fingerprint density at radius 3 is 2.88 bits per heavy atom. The third-order valence-electron chi connectivity index (χ3n) is 4.96. The molecular weight excluding hydrogens is 324 g/mol. The topological polar surface area (TPSA) is 84.7 Å². The van der Waals surface area contributed by atoms with E-state index >= 15 is 0 Å². The number of imidazole rings is 1. The average molecular weight is 346 g/mol. The minimum Gasteiger partial charge on any atom is -0.337 e. The van der Waals surface area contributed by atoms with E-state index in [1.54, 1.807) is 6.33 Å². The molecule has 2 N–H and O–H groups in total. The number of carbonyl (C=O) groups excluding carboxylic acids is 1. The fourth-order valence-corrected chi connectivity index (χ4v) is 4.41. The largest absolute Gasteiger partial charge is 0.337 e. The molecule has 2 aliphatic carbocycles. The van der Waals surface area contributed by atoms with Crippen LogP contribution in [-0.4, -0.2) is 31.8 Å². The van der Waals surface area contributed by atoms with Crippen molar-refractivity contribution in [2.75, 3.05) is 5.32 Å². The second kappa shape index (κ2) is 6.51. The number of nitrogens with zero attached hydrogens (tertiary/aromatic N) is 4. The first kappa shape index (κ1) is 15.6. The molecule has 2 aromatic heterocycles. The molecule has 0 unspecified atom stereocenters. The van der Waals surface area contributed by atoms with Crippen LogP contribution >= 0.6 is 11.3 Å². The zero-order valence-electron chi connectivity index (χ0n) is 13.7. The van der Waals surface area contributed by atoms with E-state index in [-0.39, 0.29) is 12.1 Å². The van der Waals surface area contributed by atoms with E-state index in [1.807, 2.05) is 17.8 Å². The Labute approximate surface area is 144 Å². The van der Waals surface area contributed by atoms with Gasteiger partial charge in [0.25, 0.3) is 0 Å². The van der Waals surface area contributed by atoms with Gasteiger partial charge in [0.15, 0.2) is 0 Å². The lowest BCUT2D eigenvalue weighted by molar-refractivity contribution is 0.251. The summed E-state index contributed by atoms with van der Waals surface area (Å²) in [7, 11) is 1.98. The smallest absolute Gasteiger partial charge is 0.321 e. The van der Waals surface area contributed by atoms with E-state index in [4.69, 9.17) is 0 Å². The van der Waals surface area contributed by atoms with Crippen LogP contribution in [0.1, 0.15) is 61.1 Å². The molecule has 24 heavy (non-hydrogen) atoms. The molecule has 128 valence electrons. The van der Waals surface area contributed by atoms with Gasteiger partial charge < -0.3 is 9.88 Å². The summed E-state index contributed by atoms with van der Waals surface area (Å²) < 4.78 is 2.01. The lowest BCUT2D eigenvalue weighted by atomic mass is 9.90. The van der Waals surface area contributed by atoms with Gasteiger partial charge in [-0.25, -0.2) is 9.78 Å². The Balaban J connectivity index is 1.29. The Morgan fingerprint density at radius 1 is 1.29 bits per heavy atom. The number of aromatic nitrogens is 4. The van der Waals surface area contributed by atoms with E-state index < -0.39 is 0 Å². The first-order chi connectivity index (χ1) is 11.7. The molecule has 0 aliphatic heterocycles. The molecule has 2 aliphatic rings. The van der Waals surface area contributed by atoms with Gasteiger partial charge in [-0.3, -0.25) is 5.32 Å². The van der Waals surface area contributed by atoms with Gasteiger partial charge in [0.2, 0.25) is 5.13 Å². The van der Waals surface area contributed by atoms with Crippen LogP contribution in [0.4, 0.5) is 9.93 Å². The zero-order chi connectivity index (χ0) is 16.5. The number of rotatable bonds is 4. The highest BCUT2D eigenvalue weighted by Crippen LogP contribution is 2.40. The highest BCUT2D eigenvalue weighted by atomic mass is 32.1. The van der Waals surface area contributed by atoms with Gasteiger partial charge in [0, 0.05) is 36.8 Å². The summed E-state index contributed by atoms with van der Waals surface area (Å²) in [5.41, 5.74) is 1.16. The Bertz CT molecular complexity index is 720. The van der Waals surface area contributed by atoms with Crippen LogP contribution in [0.3, 0.4) is 0 Å². The molecule has 2 heterocycles. The number of hydrogen-bond donors (Lipinski definition) is 2. The van der Waals surface area contributed by atoms with Crippen molar-refractivity contribution >= 4 is 22.5 Å². The van der Waals surface area contributed by atoms with Crippen LogP contribution < -0.4 is 10.6 Å². The predicted molar refractivity (Wildman–Crippen MR) is 92.2 cm³/mol. The number of urea groups is 1. The molecule has 2 aromatic rings. The number of carbonyl (C=O) groups is 1. The van der Waals surface area contributed by atoms with E-state index in [9.17, 15) is 4.79 Å². The van der Waals surface area contributed by atoms with Crippen molar-refractivity contribution in [3.8, 4) is 0 Å². The summed E-state index contributed by atoms with van der Waals surface area (Å²) in [4.78, 5) is 16.3. The zero-order valence-corrected chi connectivity index (χ0v) is 14.6. The van der Waals surface area contributed by atoms with Gasteiger partial charge >= 0.3 is 6.03 Å². The molecule has 0 radical (unpaired) electrons. The molecule has 0 bridgehead atoms. The fourth-order valence-electron chi connectivity index (χ4n) is 3.51. The van der Waals surface area contributed by atoms with Crippen molar-refractivity contribution in [3.05, 3.63) is 23.2 Å². The highest BCUT2D eigenvalue weighted by molar-refractivity contribution is 7.15. The molecule has 7 nitrogen and oxygen atoms in total. The summed E-state index contributed by atoms with van der Waals surface area (Å²) in [6.45, 7) is 0. The first-order valence-electron chi connectivity index (χ1n) is 8.58. The monoisotopic (exact) mass is 346 g/mol. The molecule has 2 amide bonds. The molecule has 4 rings (SSSR count). The number of nitrogens with one attached hydrogen (secondary N) is 2. The summed E-state index contributed by atoms with van der Waals surface area (Å²) >= 11 is 1.51. The van der Waals surface area contributed by atoms with Crippen LogP contribution in [-0.2, 0) is 7.05 Å². The van der Waals surface area contributed by atoms with Crippen LogP contribution in [0.25, 0.3) is 0 Å². The molecular formula is C16H22N6OS. The van der Waals surface area contributed by atoms with Gasteiger partial charge in [-0.05, 0) is 19.3 Å². The van der Waals surface area contributed by atoms with E-state index in [2.05, 4.69) is 25.8 Å². The van der Waals surface area contributed by atoms with E-state index in [0.29, 0.717) is 17.0 Å².